The van der Waals surface area contributed by atoms with E-state index in [1.165, 1.54) is 26.4 Å². The number of hydrogen-bond donors (Lipinski definition) is 1. The summed E-state index contributed by atoms with van der Waals surface area (Å²) in [7, 11) is 2.78. The fourth-order valence-electron chi connectivity index (χ4n) is 2.56. The highest BCUT2D eigenvalue weighted by Crippen LogP contribution is 2.38. The lowest BCUT2D eigenvalue weighted by Gasteiger charge is -2.16. The molecule has 0 spiro atoms. The first-order valence-corrected chi connectivity index (χ1v) is 8.08. The average Bonchev–Trinajstić information content (AvgIpc) is 3.03. The zero-order valence-corrected chi connectivity index (χ0v) is 14.8. The van der Waals surface area contributed by atoms with Crippen LogP contribution >= 0.6 is 0 Å². The highest BCUT2D eigenvalue weighted by molar-refractivity contribution is 5.91. The Bertz CT molecular complexity index is 665. The number of nitrogens with zero attached hydrogens (tertiary/aromatic N) is 1. The molecule has 0 aliphatic carbocycles. The third kappa shape index (κ3) is 4.78. The van der Waals surface area contributed by atoms with Gasteiger partial charge in [-0.05, 0) is 18.6 Å². The van der Waals surface area contributed by atoms with Crippen LogP contribution in [0.3, 0.4) is 0 Å². The maximum absolute atomic E-state index is 12.3. The van der Waals surface area contributed by atoms with E-state index in [0.717, 1.165) is 6.42 Å². The second-order valence-corrected chi connectivity index (χ2v) is 5.59. The smallest absolute Gasteiger partial charge is 0.338 e. The number of likely N-dealkylation sites (tertiary alicyclic amines) is 1. The summed E-state index contributed by atoms with van der Waals surface area (Å²) >= 11 is 0. The van der Waals surface area contributed by atoms with Gasteiger partial charge in [-0.25, -0.2) is 4.79 Å². The number of primary amides is 1. The number of nitrogens with two attached hydrogens (primary N) is 1. The third-order valence-corrected chi connectivity index (χ3v) is 3.82. The fraction of sp³-hybridized carbons (Fsp3) is 0.471. The normalized spacial score (nSPS) is 13.5. The van der Waals surface area contributed by atoms with Crippen molar-refractivity contribution in [2.75, 3.05) is 40.5 Å². The largest absolute Gasteiger partial charge is 0.493 e. The van der Waals surface area contributed by atoms with E-state index in [4.69, 9.17) is 24.7 Å². The van der Waals surface area contributed by atoms with Gasteiger partial charge in [-0.1, -0.05) is 0 Å². The molecule has 1 aliphatic rings. The molecule has 1 fully saturated rings. The predicted octanol–water partition coefficient (Wildman–Crippen LogP) is 0.347. The van der Waals surface area contributed by atoms with E-state index < -0.39 is 11.9 Å². The Balaban J connectivity index is 2.06. The molecule has 0 bridgehead atoms. The number of amides is 2. The number of esters is 1. The van der Waals surface area contributed by atoms with Gasteiger partial charge in [0.2, 0.25) is 11.7 Å². The quantitative estimate of drug-likeness (QED) is 0.627. The number of hydrogen-bond acceptors (Lipinski definition) is 7. The summed E-state index contributed by atoms with van der Waals surface area (Å²) in [4.78, 5) is 36.4. The van der Waals surface area contributed by atoms with Crippen molar-refractivity contribution in [1.29, 1.82) is 0 Å². The van der Waals surface area contributed by atoms with Gasteiger partial charge in [-0.2, -0.15) is 0 Å². The minimum atomic E-state index is -0.658. The summed E-state index contributed by atoms with van der Waals surface area (Å²) in [6.45, 7) is 0.776. The first-order valence-electron chi connectivity index (χ1n) is 8.08. The monoisotopic (exact) mass is 366 g/mol. The van der Waals surface area contributed by atoms with Crippen molar-refractivity contribution in [2.24, 2.45) is 5.73 Å². The summed E-state index contributed by atoms with van der Waals surface area (Å²) in [6, 6.07) is 2.84. The molecule has 2 amide bonds. The van der Waals surface area contributed by atoms with E-state index in [2.05, 4.69) is 0 Å². The Labute approximate surface area is 150 Å². The molecule has 0 radical (unpaired) electrons. The van der Waals surface area contributed by atoms with Crippen LogP contribution in [0.15, 0.2) is 12.1 Å². The molecule has 1 aliphatic heterocycles. The summed E-state index contributed by atoms with van der Waals surface area (Å²) in [5, 5.41) is 0. The molecule has 142 valence electrons. The van der Waals surface area contributed by atoms with Crippen molar-refractivity contribution in [3.63, 3.8) is 0 Å². The number of carbonyl (C=O) groups excluding carboxylic acids is 3. The molecule has 0 unspecified atom stereocenters. The lowest BCUT2D eigenvalue weighted by molar-refractivity contribution is -0.128. The molecular formula is C17H22N2O7. The number of carbonyl (C=O) groups is 3. The number of benzene rings is 1. The van der Waals surface area contributed by atoms with Gasteiger partial charge >= 0.3 is 5.97 Å². The minimum absolute atomic E-state index is 0.0698. The Hall–Kier alpha value is -2.97. The van der Waals surface area contributed by atoms with Crippen LogP contribution in [-0.2, 0) is 14.3 Å². The molecule has 2 N–H and O–H groups in total. The number of ether oxygens (including phenoxy) is 4. The van der Waals surface area contributed by atoms with Crippen LogP contribution < -0.4 is 19.9 Å². The van der Waals surface area contributed by atoms with Crippen LogP contribution in [-0.4, -0.2) is 63.2 Å². The van der Waals surface area contributed by atoms with E-state index in [-0.39, 0.29) is 41.9 Å². The summed E-state index contributed by atoms with van der Waals surface area (Å²) < 4.78 is 20.9. The van der Waals surface area contributed by atoms with Crippen LogP contribution in [0.25, 0.3) is 0 Å². The molecule has 1 saturated heterocycles. The molecule has 9 heteroatoms. The van der Waals surface area contributed by atoms with Crippen molar-refractivity contribution in [2.45, 2.75) is 12.8 Å². The lowest BCUT2D eigenvalue weighted by atomic mass is 10.2. The van der Waals surface area contributed by atoms with E-state index >= 15 is 0 Å². The second kappa shape index (κ2) is 8.93. The molecule has 1 heterocycles. The van der Waals surface area contributed by atoms with E-state index in [9.17, 15) is 14.4 Å². The van der Waals surface area contributed by atoms with Crippen molar-refractivity contribution in [3.8, 4) is 17.2 Å². The Morgan fingerprint density at radius 1 is 1.19 bits per heavy atom. The maximum atomic E-state index is 12.3. The van der Waals surface area contributed by atoms with E-state index in [1.807, 2.05) is 0 Å². The van der Waals surface area contributed by atoms with Gasteiger partial charge in [-0.3, -0.25) is 9.59 Å². The highest BCUT2D eigenvalue weighted by Gasteiger charge is 2.22. The van der Waals surface area contributed by atoms with Gasteiger partial charge in [0, 0.05) is 13.0 Å². The molecule has 1 aromatic rings. The Kier molecular flexibility index (Phi) is 6.65. The van der Waals surface area contributed by atoms with Crippen molar-refractivity contribution < 1.29 is 33.3 Å². The predicted molar refractivity (Wildman–Crippen MR) is 90.3 cm³/mol. The second-order valence-electron chi connectivity index (χ2n) is 5.59. The SMILES string of the molecule is COc1cc(C(=O)OCCN2CCCC2=O)cc(OC)c1OCC(N)=O. The topological polar surface area (TPSA) is 117 Å². The summed E-state index contributed by atoms with van der Waals surface area (Å²) in [5.41, 5.74) is 5.26. The van der Waals surface area contributed by atoms with Gasteiger partial charge in [-0.15, -0.1) is 0 Å². The van der Waals surface area contributed by atoms with Crippen LogP contribution in [0.4, 0.5) is 0 Å². The van der Waals surface area contributed by atoms with Crippen LogP contribution in [0, 0.1) is 0 Å². The standard InChI is InChI=1S/C17H22N2O7/c1-23-12-8-11(9-13(24-2)16(12)26-10-14(18)20)17(22)25-7-6-19-5-3-4-15(19)21/h8-9H,3-7,10H2,1-2H3,(H2,18,20). The van der Waals surface area contributed by atoms with Crippen molar-refractivity contribution in [3.05, 3.63) is 17.7 Å². The Morgan fingerprint density at radius 3 is 2.35 bits per heavy atom. The zero-order chi connectivity index (χ0) is 19.1. The number of rotatable bonds is 9. The Morgan fingerprint density at radius 2 is 1.85 bits per heavy atom. The molecular weight excluding hydrogens is 344 g/mol. The zero-order valence-electron chi connectivity index (χ0n) is 14.8. The van der Waals surface area contributed by atoms with Gasteiger partial charge < -0.3 is 29.6 Å². The lowest BCUT2D eigenvalue weighted by Crippen LogP contribution is -2.29. The van der Waals surface area contributed by atoms with E-state index in [1.54, 1.807) is 4.90 Å². The van der Waals surface area contributed by atoms with Crippen LogP contribution in [0.2, 0.25) is 0 Å². The molecule has 0 saturated carbocycles. The third-order valence-electron chi connectivity index (χ3n) is 3.82. The van der Waals surface area contributed by atoms with Crippen LogP contribution in [0.5, 0.6) is 17.2 Å². The van der Waals surface area contributed by atoms with Crippen LogP contribution in [0.1, 0.15) is 23.2 Å². The van der Waals surface area contributed by atoms with Crippen molar-refractivity contribution >= 4 is 17.8 Å². The summed E-state index contributed by atoms with van der Waals surface area (Å²) in [6.07, 6.45) is 1.36. The van der Waals surface area contributed by atoms with Gasteiger partial charge in [0.25, 0.3) is 5.91 Å². The van der Waals surface area contributed by atoms with Crippen molar-refractivity contribution in [1.82, 2.24) is 4.90 Å². The molecule has 26 heavy (non-hydrogen) atoms. The summed E-state index contributed by atoms with van der Waals surface area (Å²) in [5.74, 6) is -0.614. The van der Waals surface area contributed by atoms with Gasteiger partial charge in [0.15, 0.2) is 18.1 Å². The average molecular weight is 366 g/mol. The molecule has 0 atom stereocenters. The first kappa shape index (κ1) is 19.4. The fourth-order valence-corrected chi connectivity index (χ4v) is 2.56. The first-order chi connectivity index (χ1) is 12.5. The molecule has 1 aromatic carbocycles. The number of methoxy groups -OCH3 is 2. The maximum Gasteiger partial charge on any atom is 0.338 e. The van der Waals surface area contributed by atoms with Gasteiger partial charge in [0.1, 0.15) is 6.61 Å². The molecule has 0 aromatic heterocycles. The molecule has 2 rings (SSSR count). The van der Waals surface area contributed by atoms with E-state index in [0.29, 0.717) is 19.5 Å². The minimum Gasteiger partial charge on any atom is -0.493 e. The molecule has 9 nitrogen and oxygen atoms in total. The van der Waals surface area contributed by atoms with Gasteiger partial charge in [0.05, 0.1) is 26.3 Å². The highest BCUT2D eigenvalue weighted by atomic mass is 16.5.